The highest BCUT2D eigenvalue weighted by Crippen LogP contribution is 2.21. The Morgan fingerprint density at radius 3 is 2.48 bits per heavy atom. The van der Waals surface area contributed by atoms with Crippen LogP contribution in [0.2, 0.25) is 5.02 Å². The van der Waals surface area contributed by atoms with E-state index in [-0.39, 0.29) is 6.09 Å². The van der Waals surface area contributed by atoms with Gasteiger partial charge in [0.2, 0.25) is 0 Å². The fourth-order valence-electron chi connectivity index (χ4n) is 2.64. The first-order valence-corrected chi connectivity index (χ1v) is 8.34. The summed E-state index contributed by atoms with van der Waals surface area (Å²) in [6.07, 6.45) is -0.234. The maximum Gasteiger partial charge on any atom is 0.410 e. The standard InChI is InChI=1S/C17H26ClN3O2/c1-17(2,3)23-16(22)21-9-7-20(8-10-21)12-13-5-4-6-15(18)14(13)11-19/h4-6H,7-12,19H2,1-3H3. The molecule has 5 nitrogen and oxygen atoms in total. The second-order valence-electron chi connectivity index (χ2n) is 6.83. The molecule has 1 heterocycles. The van der Waals surface area contributed by atoms with Gasteiger partial charge in [0.25, 0.3) is 0 Å². The minimum Gasteiger partial charge on any atom is -0.444 e. The predicted molar refractivity (Wildman–Crippen MR) is 92.4 cm³/mol. The number of hydrogen-bond acceptors (Lipinski definition) is 4. The lowest BCUT2D eigenvalue weighted by molar-refractivity contribution is 0.0139. The van der Waals surface area contributed by atoms with Gasteiger partial charge in [-0.25, -0.2) is 4.79 Å². The second kappa shape index (κ2) is 7.51. The van der Waals surface area contributed by atoms with Gasteiger partial charge in [-0.2, -0.15) is 0 Å². The minimum atomic E-state index is -0.453. The summed E-state index contributed by atoms with van der Waals surface area (Å²) >= 11 is 6.21. The molecule has 1 aliphatic rings. The number of nitrogens with zero attached hydrogens (tertiary/aromatic N) is 2. The van der Waals surface area contributed by atoms with E-state index in [0.717, 1.165) is 35.8 Å². The molecule has 0 bridgehead atoms. The molecule has 0 radical (unpaired) electrons. The highest BCUT2D eigenvalue weighted by Gasteiger charge is 2.26. The molecule has 2 N–H and O–H groups in total. The number of piperazine rings is 1. The fraction of sp³-hybridized carbons (Fsp3) is 0.588. The first-order chi connectivity index (χ1) is 10.8. The summed E-state index contributed by atoms with van der Waals surface area (Å²) in [5.74, 6) is 0. The molecule has 0 atom stereocenters. The van der Waals surface area contributed by atoms with Crippen LogP contribution in [-0.2, 0) is 17.8 Å². The molecule has 1 amide bonds. The van der Waals surface area contributed by atoms with Gasteiger partial charge in [-0.15, -0.1) is 0 Å². The molecule has 23 heavy (non-hydrogen) atoms. The lowest BCUT2D eigenvalue weighted by Gasteiger charge is -2.35. The molecule has 1 aromatic carbocycles. The van der Waals surface area contributed by atoms with Gasteiger partial charge in [0.15, 0.2) is 0 Å². The number of rotatable bonds is 3. The third-order valence-corrected chi connectivity index (χ3v) is 4.19. The number of amides is 1. The Bertz CT molecular complexity index is 549. The zero-order chi connectivity index (χ0) is 17.0. The number of hydrogen-bond donors (Lipinski definition) is 1. The average Bonchev–Trinajstić information content (AvgIpc) is 2.46. The van der Waals surface area contributed by atoms with Crippen molar-refractivity contribution in [2.45, 2.75) is 39.5 Å². The lowest BCUT2D eigenvalue weighted by atomic mass is 10.1. The summed E-state index contributed by atoms with van der Waals surface area (Å²) < 4.78 is 5.42. The monoisotopic (exact) mass is 339 g/mol. The van der Waals surface area contributed by atoms with E-state index in [1.807, 2.05) is 32.9 Å². The van der Waals surface area contributed by atoms with E-state index in [2.05, 4.69) is 11.0 Å². The maximum absolute atomic E-state index is 12.1. The Hall–Kier alpha value is -1.30. The van der Waals surface area contributed by atoms with Crippen molar-refractivity contribution in [2.75, 3.05) is 26.2 Å². The molecule has 6 heteroatoms. The van der Waals surface area contributed by atoms with Gasteiger partial charge < -0.3 is 15.4 Å². The fourth-order valence-corrected chi connectivity index (χ4v) is 2.91. The van der Waals surface area contributed by atoms with Crippen LogP contribution in [0.25, 0.3) is 0 Å². The van der Waals surface area contributed by atoms with Crippen molar-refractivity contribution >= 4 is 17.7 Å². The highest BCUT2D eigenvalue weighted by molar-refractivity contribution is 6.31. The van der Waals surface area contributed by atoms with Crippen molar-refractivity contribution < 1.29 is 9.53 Å². The van der Waals surface area contributed by atoms with Crippen LogP contribution in [0.1, 0.15) is 31.9 Å². The maximum atomic E-state index is 12.1. The Kier molecular flexibility index (Phi) is 5.89. The molecule has 0 saturated carbocycles. The Morgan fingerprint density at radius 2 is 1.91 bits per heavy atom. The smallest absolute Gasteiger partial charge is 0.410 e. The number of ether oxygens (including phenoxy) is 1. The molecule has 128 valence electrons. The van der Waals surface area contributed by atoms with Crippen molar-refractivity contribution in [1.29, 1.82) is 0 Å². The van der Waals surface area contributed by atoms with Crippen LogP contribution in [0.15, 0.2) is 18.2 Å². The molecular formula is C17H26ClN3O2. The van der Waals surface area contributed by atoms with E-state index >= 15 is 0 Å². The molecule has 2 rings (SSSR count). The highest BCUT2D eigenvalue weighted by atomic mass is 35.5. The van der Waals surface area contributed by atoms with E-state index in [1.54, 1.807) is 4.90 Å². The molecule has 0 unspecified atom stereocenters. The number of halogens is 1. The van der Waals surface area contributed by atoms with Gasteiger partial charge in [0, 0.05) is 44.3 Å². The Labute approximate surface area is 143 Å². The van der Waals surface area contributed by atoms with Crippen LogP contribution in [0.5, 0.6) is 0 Å². The molecule has 1 fully saturated rings. The van der Waals surface area contributed by atoms with Crippen molar-refractivity contribution in [3.8, 4) is 0 Å². The van der Waals surface area contributed by atoms with Gasteiger partial charge in [-0.1, -0.05) is 23.7 Å². The molecule has 0 aromatic heterocycles. The van der Waals surface area contributed by atoms with Crippen molar-refractivity contribution in [1.82, 2.24) is 9.80 Å². The topological polar surface area (TPSA) is 58.8 Å². The van der Waals surface area contributed by atoms with Crippen molar-refractivity contribution in [3.63, 3.8) is 0 Å². The Balaban J connectivity index is 1.90. The molecule has 1 aromatic rings. The second-order valence-corrected chi connectivity index (χ2v) is 7.23. The number of carbonyl (C=O) groups excluding carboxylic acids is 1. The van der Waals surface area contributed by atoms with E-state index in [9.17, 15) is 4.79 Å². The number of carbonyl (C=O) groups is 1. The third-order valence-electron chi connectivity index (χ3n) is 3.84. The average molecular weight is 340 g/mol. The molecule has 1 saturated heterocycles. The van der Waals surface area contributed by atoms with Gasteiger partial charge in [-0.3, -0.25) is 4.90 Å². The first-order valence-electron chi connectivity index (χ1n) is 7.97. The summed E-state index contributed by atoms with van der Waals surface area (Å²) in [6.45, 7) is 9.87. The lowest BCUT2D eigenvalue weighted by Crippen LogP contribution is -2.49. The summed E-state index contributed by atoms with van der Waals surface area (Å²) in [7, 11) is 0. The van der Waals surface area contributed by atoms with E-state index in [1.165, 1.54) is 0 Å². The van der Waals surface area contributed by atoms with Gasteiger partial charge in [-0.05, 0) is 38.0 Å². The van der Waals surface area contributed by atoms with Crippen LogP contribution in [0, 0.1) is 0 Å². The van der Waals surface area contributed by atoms with Crippen molar-refractivity contribution in [3.05, 3.63) is 34.3 Å². The van der Waals surface area contributed by atoms with E-state index in [4.69, 9.17) is 22.1 Å². The Morgan fingerprint density at radius 1 is 1.26 bits per heavy atom. The summed E-state index contributed by atoms with van der Waals surface area (Å²) in [6, 6.07) is 5.88. The quantitative estimate of drug-likeness (QED) is 0.920. The summed E-state index contributed by atoms with van der Waals surface area (Å²) in [4.78, 5) is 16.2. The normalized spacial score (nSPS) is 16.5. The van der Waals surface area contributed by atoms with Crippen LogP contribution in [0.4, 0.5) is 4.79 Å². The molecule has 0 aliphatic carbocycles. The van der Waals surface area contributed by atoms with Gasteiger partial charge in [0.1, 0.15) is 5.60 Å². The van der Waals surface area contributed by atoms with Crippen molar-refractivity contribution in [2.24, 2.45) is 5.73 Å². The predicted octanol–water partition coefficient (Wildman–Crippen LogP) is 2.85. The SMILES string of the molecule is CC(C)(C)OC(=O)N1CCN(Cc2cccc(Cl)c2CN)CC1. The van der Waals surface area contributed by atoms with Gasteiger partial charge >= 0.3 is 6.09 Å². The minimum absolute atomic E-state index is 0.234. The summed E-state index contributed by atoms with van der Waals surface area (Å²) in [5.41, 5.74) is 7.51. The van der Waals surface area contributed by atoms with Crippen LogP contribution in [0.3, 0.4) is 0 Å². The number of benzene rings is 1. The molecule has 1 aliphatic heterocycles. The van der Waals surface area contributed by atoms with Crippen LogP contribution >= 0.6 is 11.6 Å². The molecule has 0 spiro atoms. The number of nitrogens with two attached hydrogens (primary N) is 1. The van der Waals surface area contributed by atoms with E-state index in [0.29, 0.717) is 19.6 Å². The third kappa shape index (κ3) is 5.09. The zero-order valence-corrected chi connectivity index (χ0v) is 14.9. The molecular weight excluding hydrogens is 314 g/mol. The largest absolute Gasteiger partial charge is 0.444 e. The zero-order valence-electron chi connectivity index (χ0n) is 14.1. The van der Waals surface area contributed by atoms with Gasteiger partial charge in [0.05, 0.1) is 0 Å². The first kappa shape index (κ1) is 18.0. The van der Waals surface area contributed by atoms with E-state index < -0.39 is 5.60 Å². The van der Waals surface area contributed by atoms with Crippen LogP contribution in [-0.4, -0.2) is 47.7 Å². The summed E-state index contributed by atoms with van der Waals surface area (Å²) in [5, 5.41) is 0.720. The van der Waals surface area contributed by atoms with Crippen LogP contribution < -0.4 is 5.73 Å².